The largest absolute Gasteiger partial charge is 0.497 e. The summed E-state index contributed by atoms with van der Waals surface area (Å²) in [6.45, 7) is 3.90. The van der Waals surface area contributed by atoms with Crippen LogP contribution in [-0.4, -0.2) is 33.0 Å². The van der Waals surface area contributed by atoms with Gasteiger partial charge in [0, 0.05) is 24.3 Å². The lowest BCUT2D eigenvalue weighted by atomic mass is 10.2. The van der Waals surface area contributed by atoms with E-state index in [1.54, 1.807) is 53.1 Å². The second kappa shape index (κ2) is 9.55. The Morgan fingerprint density at radius 1 is 1.03 bits per heavy atom. The summed E-state index contributed by atoms with van der Waals surface area (Å²) in [7, 11) is -0.808. The number of thiazole rings is 1. The van der Waals surface area contributed by atoms with Crippen molar-refractivity contribution in [1.29, 1.82) is 0 Å². The third-order valence-corrected chi connectivity index (χ3v) is 8.32. The summed E-state index contributed by atoms with van der Waals surface area (Å²) < 4.78 is 34.7. The molecule has 8 nitrogen and oxygen atoms in total. The molecule has 0 aliphatic heterocycles. The molecule has 0 radical (unpaired) electrons. The summed E-state index contributed by atoms with van der Waals surface area (Å²) in [5.74, 6) is 0.222. The number of hydrogen-bond acceptors (Lipinski definition) is 6. The first kappa shape index (κ1) is 24.5. The van der Waals surface area contributed by atoms with Gasteiger partial charge in [0.2, 0.25) is 0 Å². The Hall–Kier alpha value is -3.63. The van der Waals surface area contributed by atoms with Crippen molar-refractivity contribution in [3.63, 3.8) is 0 Å². The minimum atomic E-state index is -3.78. The molecule has 182 valence electrons. The van der Waals surface area contributed by atoms with Gasteiger partial charge in [-0.25, -0.2) is 8.42 Å². The van der Waals surface area contributed by atoms with E-state index < -0.39 is 10.0 Å². The van der Waals surface area contributed by atoms with Gasteiger partial charge < -0.3 is 10.1 Å². The number of anilines is 2. The van der Waals surface area contributed by atoms with E-state index in [2.05, 4.69) is 5.32 Å². The van der Waals surface area contributed by atoms with Crippen LogP contribution < -0.4 is 19.2 Å². The molecule has 1 amide bonds. The lowest BCUT2D eigenvalue weighted by Gasteiger charge is -2.20. The predicted molar refractivity (Wildman–Crippen MR) is 139 cm³/mol. The number of fused-ring (bicyclic) bond motifs is 1. The maximum Gasteiger partial charge on any atom is 0.308 e. The van der Waals surface area contributed by atoms with Crippen molar-refractivity contribution in [3.05, 3.63) is 82.0 Å². The van der Waals surface area contributed by atoms with E-state index >= 15 is 0 Å². The molecular formula is C25H25N3O5S2. The van der Waals surface area contributed by atoms with Gasteiger partial charge in [0.15, 0.2) is 0 Å². The molecule has 4 rings (SSSR count). The normalized spacial score (nSPS) is 11.6. The van der Waals surface area contributed by atoms with Crippen LogP contribution >= 0.6 is 11.3 Å². The highest BCUT2D eigenvalue weighted by molar-refractivity contribution is 7.92. The van der Waals surface area contributed by atoms with Gasteiger partial charge in [-0.3, -0.25) is 18.5 Å². The molecule has 3 aromatic carbocycles. The Balaban J connectivity index is 1.51. The standard InChI is InChI=1S/C25H25N3O5S2/c1-16(2)28-22-14-7-18(15-23(22)34-25(28)30)26-24(29)17-5-8-19(9-6-17)27(3)35(31,32)21-12-10-20(33-4)11-13-21/h5-16H,1-4H3,(H,26,29). The predicted octanol–water partition coefficient (Wildman–Crippen LogP) is 4.73. The van der Waals surface area contributed by atoms with Crippen molar-refractivity contribution < 1.29 is 17.9 Å². The van der Waals surface area contributed by atoms with Crippen molar-refractivity contribution in [3.8, 4) is 5.75 Å². The molecule has 1 aromatic heterocycles. The fraction of sp³-hybridized carbons (Fsp3) is 0.200. The topological polar surface area (TPSA) is 97.7 Å². The quantitative estimate of drug-likeness (QED) is 0.387. The molecule has 0 saturated carbocycles. The van der Waals surface area contributed by atoms with Gasteiger partial charge in [-0.05, 0) is 80.6 Å². The monoisotopic (exact) mass is 511 g/mol. The molecule has 0 fully saturated rings. The number of rotatable bonds is 7. The van der Waals surface area contributed by atoms with Crippen LogP contribution in [0.4, 0.5) is 11.4 Å². The van der Waals surface area contributed by atoms with Crippen LogP contribution in [0, 0.1) is 0 Å². The summed E-state index contributed by atoms with van der Waals surface area (Å²) >= 11 is 1.14. The molecule has 0 saturated heterocycles. The summed E-state index contributed by atoms with van der Waals surface area (Å²) in [4.78, 5) is 25.1. The molecule has 0 spiro atoms. The highest BCUT2D eigenvalue weighted by Crippen LogP contribution is 2.26. The lowest BCUT2D eigenvalue weighted by Crippen LogP contribution is -2.26. The van der Waals surface area contributed by atoms with Crippen LogP contribution in [0.3, 0.4) is 0 Å². The zero-order valence-electron chi connectivity index (χ0n) is 19.7. The Labute approximate surface area is 207 Å². The summed E-state index contributed by atoms with van der Waals surface area (Å²) in [5, 5.41) is 2.84. The third-order valence-electron chi connectivity index (χ3n) is 5.60. The van der Waals surface area contributed by atoms with E-state index in [0.29, 0.717) is 22.7 Å². The minimum absolute atomic E-state index is 0.0391. The van der Waals surface area contributed by atoms with Gasteiger partial charge in [0.1, 0.15) is 5.75 Å². The maximum absolute atomic E-state index is 12.9. The van der Waals surface area contributed by atoms with E-state index in [1.165, 1.54) is 26.3 Å². The van der Waals surface area contributed by atoms with E-state index in [9.17, 15) is 18.0 Å². The van der Waals surface area contributed by atoms with Crippen LogP contribution in [0.1, 0.15) is 30.2 Å². The van der Waals surface area contributed by atoms with Crippen molar-refractivity contribution in [2.24, 2.45) is 0 Å². The average molecular weight is 512 g/mol. The molecule has 0 unspecified atom stereocenters. The molecular weight excluding hydrogens is 486 g/mol. The zero-order valence-corrected chi connectivity index (χ0v) is 21.3. The molecule has 1 N–H and O–H groups in total. The molecule has 35 heavy (non-hydrogen) atoms. The summed E-state index contributed by atoms with van der Waals surface area (Å²) in [5.41, 5.74) is 2.19. The van der Waals surface area contributed by atoms with Gasteiger partial charge in [0.25, 0.3) is 15.9 Å². The van der Waals surface area contributed by atoms with E-state index in [4.69, 9.17) is 4.74 Å². The number of ether oxygens (including phenoxy) is 1. The fourth-order valence-corrected chi connectivity index (χ4v) is 5.92. The van der Waals surface area contributed by atoms with Crippen LogP contribution in [0.25, 0.3) is 10.2 Å². The number of nitrogens with zero attached hydrogens (tertiary/aromatic N) is 2. The van der Waals surface area contributed by atoms with Crippen molar-refractivity contribution in [2.75, 3.05) is 23.8 Å². The Bertz CT molecular complexity index is 1540. The number of nitrogens with one attached hydrogen (secondary N) is 1. The molecule has 10 heteroatoms. The van der Waals surface area contributed by atoms with E-state index in [-0.39, 0.29) is 21.7 Å². The Morgan fingerprint density at radius 3 is 2.29 bits per heavy atom. The third kappa shape index (κ3) is 4.80. The number of aromatic nitrogens is 1. The van der Waals surface area contributed by atoms with Crippen molar-refractivity contribution in [2.45, 2.75) is 24.8 Å². The SMILES string of the molecule is COc1ccc(S(=O)(=O)N(C)c2ccc(C(=O)Nc3ccc4c(c3)sc(=O)n4C(C)C)cc2)cc1. The van der Waals surface area contributed by atoms with Gasteiger partial charge in [-0.15, -0.1) is 0 Å². The first-order valence-electron chi connectivity index (χ1n) is 10.8. The number of carbonyl (C=O) groups is 1. The lowest BCUT2D eigenvalue weighted by molar-refractivity contribution is 0.102. The number of amides is 1. The molecule has 4 aromatic rings. The van der Waals surface area contributed by atoms with Gasteiger partial charge in [-0.1, -0.05) is 11.3 Å². The smallest absolute Gasteiger partial charge is 0.308 e. The summed E-state index contributed by atoms with van der Waals surface area (Å²) in [6, 6.07) is 17.8. The van der Waals surface area contributed by atoms with Crippen LogP contribution in [0.2, 0.25) is 0 Å². The number of carbonyl (C=O) groups excluding carboxylic acids is 1. The van der Waals surface area contributed by atoms with E-state index in [0.717, 1.165) is 25.9 Å². The zero-order chi connectivity index (χ0) is 25.3. The summed E-state index contributed by atoms with van der Waals surface area (Å²) in [6.07, 6.45) is 0. The van der Waals surface area contributed by atoms with Crippen LogP contribution in [0.15, 0.2) is 76.4 Å². The maximum atomic E-state index is 12.9. The second-order valence-electron chi connectivity index (χ2n) is 8.16. The number of sulfonamides is 1. The first-order valence-corrected chi connectivity index (χ1v) is 13.1. The number of hydrogen-bond donors (Lipinski definition) is 1. The molecule has 0 atom stereocenters. The average Bonchev–Trinajstić information content (AvgIpc) is 3.18. The van der Waals surface area contributed by atoms with Crippen LogP contribution in [0.5, 0.6) is 5.75 Å². The second-order valence-corrected chi connectivity index (χ2v) is 11.1. The van der Waals surface area contributed by atoms with Crippen molar-refractivity contribution >= 4 is 48.9 Å². The molecule has 0 aliphatic rings. The fourth-order valence-electron chi connectivity index (χ4n) is 3.67. The highest BCUT2D eigenvalue weighted by Gasteiger charge is 2.21. The molecule has 0 aliphatic carbocycles. The first-order chi connectivity index (χ1) is 16.6. The van der Waals surface area contributed by atoms with Gasteiger partial charge in [0.05, 0.1) is 27.9 Å². The molecule has 1 heterocycles. The number of methoxy groups -OCH3 is 1. The number of benzene rings is 3. The Kier molecular flexibility index (Phi) is 6.68. The minimum Gasteiger partial charge on any atom is -0.497 e. The van der Waals surface area contributed by atoms with Crippen molar-refractivity contribution in [1.82, 2.24) is 4.57 Å². The van der Waals surface area contributed by atoms with E-state index in [1.807, 2.05) is 19.9 Å². The van der Waals surface area contributed by atoms with Gasteiger partial charge in [-0.2, -0.15) is 0 Å². The highest BCUT2D eigenvalue weighted by atomic mass is 32.2. The molecule has 0 bridgehead atoms. The van der Waals surface area contributed by atoms with Crippen LogP contribution in [-0.2, 0) is 10.0 Å². The Morgan fingerprint density at radius 2 is 1.69 bits per heavy atom. The van der Waals surface area contributed by atoms with Gasteiger partial charge >= 0.3 is 4.87 Å².